The number of halogens is 1. The first-order chi connectivity index (χ1) is 14.1. The Balaban J connectivity index is 1.44. The summed E-state index contributed by atoms with van der Waals surface area (Å²) in [6, 6.07) is 6.21. The molecule has 0 radical (unpaired) electrons. The van der Waals surface area contributed by atoms with Crippen molar-refractivity contribution in [1.29, 1.82) is 0 Å². The predicted octanol–water partition coefficient (Wildman–Crippen LogP) is 2.44. The van der Waals surface area contributed by atoms with E-state index in [0.29, 0.717) is 12.5 Å². The van der Waals surface area contributed by atoms with Crippen LogP contribution in [0.4, 0.5) is 11.9 Å². The van der Waals surface area contributed by atoms with Crippen molar-refractivity contribution < 1.29 is 0 Å². The molecule has 0 spiro atoms. The lowest BCUT2D eigenvalue weighted by atomic mass is 10.2. The Kier molecular flexibility index (Phi) is 4.59. The molecule has 1 aromatic carbocycles. The number of imidazole rings is 1. The lowest BCUT2D eigenvalue weighted by Gasteiger charge is -2.32. The van der Waals surface area contributed by atoms with Gasteiger partial charge in [0.15, 0.2) is 5.65 Å². The van der Waals surface area contributed by atoms with Crippen LogP contribution >= 0.6 is 15.9 Å². The van der Waals surface area contributed by atoms with Crippen molar-refractivity contribution in [2.75, 3.05) is 43.4 Å². The number of hydrogen-bond acceptors (Lipinski definition) is 7. The second-order valence-corrected chi connectivity index (χ2v) is 8.28. The van der Waals surface area contributed by atoms with Crippen LogP contribution in [0.25, 0.3) is 16.7 Å². The van der Waals surface area contributed by atoms with E-state index in [4.69, 9.17) is 9.97 Å². The molecule has 4 aromatic rings. The minimum atomic E-state index is 0.513. The van der Waals surface area contributed by atoms with Crippen LogP contribution in [0.2, 0.25) is 0 Å². The highest BCUT2D eigenvalue weighted by molar-refractivity contribution is 9.10. The zero-order chi connectivity index (χ0) is 20.0. The summed E-state index contributed by atoms with van der Waals surface area (Å²) in [4.78, 5) is 22.1. The zero-order valence-corrected chi connectivity index (χ0v) is 17.9. The maximum Gasteiger partial charge on any atom is 0.230 e. The van der Waals surface area contributed by atoms with Gasteiger partial charge in [-0.1, -0.05) is 6.07 Å². The molecule has 0 atom stereocenters. The third kappa shape index (κ3) is 3.53. The van der Waals surface area contributed by atoms with E-state index in [1.165, 1.54) is 5.56 Å². The van der Waals surface area contributed by atoms with Gasteiger partial charge in [0.25, 0.3) is 0 Å². The molecule has 1 aliphatic heterocycles. The fourth-order valence-electron chi connectivity index (χ4n) is 3.52. The van der Waals surface area contributed by atoms with Crippen molar-refractivity contribution in [3.8, 4) is 0 Å². The summed E-state index contributed by atoms with van der Waals surface area (Å²) < 4.78 is 2.56. The molecule has 5 rings (SSSR count). The summed E-state index contributed by atoms with van der Waals surface area (Å²) >= 11 is 3.55. The van der Waals surface area contributed by atoms with Crippen LogP contribution < -0.4 is 10.2 Å². The SMILES string of the molecule is Cc1ccc2[nH]c(CNc3nc(N4CCN(C)CC4)nc4c(Br)cnn34)nc2c1. The molecule has 29 heavy (non-hydrogen) atoms. The van der Waals surface area contributed by atoms with Crippen molar-refractivity contribution in [1.82, 2.24) is 34.4 Å². The maximum atomic E-state index is 4.77. The molecule has 3 aromatic heterocycles. The fourth-order valence-corrected chi connectivity index (χ4v) is 3.87. The van der Waals surface area contributed by atoms with E-state index in [2.05, 4.69) is 78.3 Å². The van der Waals surface area contributed by atoms with Crippen LogP contribution in [-0.4, -0.2) is 67.7 Å². The molecule has 1 aliphatic rings. The van der Waals surface area contributed by atoms with Gasteiger partial charge in [-0.2, -0.15) is 19.6 Å². The highest BCUT2D eigenvalue weighted by Crippen LogP contribution is 2.22. The summed E-state index contributed by atoms with van der Waals surface area (Å²) in [5.74, 6) is 2.21. The van der Waals surface area contributed by atoms with E-state index < -0.39 is 0 Å². The molecule has 0 unspecified atom stereocenters. The molecule has 0 saturated carbocycles. The quantitative estimate of drug-likeness (QED) is 0.488. The van der Waals surface area contributed by atoms with Gasteiger partial charge in [-0.05, 0) is 47.6 Å². The number of anilines is 2. The van der Waals surface area contributed by atoms with Crippen LogP contribution in [0, 0.1) is 6.92 Å². The van der Waals surface area contributed by atoms with Gasteiger partial charge < -0.3 is 20.1 Å². The first-order valence-electron chi connectivity index (χ1n) is 9.61. The third-order valence-corrected chi connectivity index (χ3v) is 5.76. The number of nitrogens with one attached hydrogen (secondary N) is 2. The van der Waals surface area contributed by atoms with Crippen LogP contribution in [0.15, 0.2) is 28.9 Å². The Morgan fingerprint density at radius 3 is 2.79 bits per heavy atom. The summed E-state index contributed by atoms with van der Waals surface area (Å²) in [5, 5.41) is 7.79. The topological polar surface area (TPSA) is 90.3 Å². The minimum Gasteiger partial charge on any atom is -0.347 e. The Morgan fingerprint density at radius 2 is 1.97 bits per heavy atom. The number of nitrogens with zero attached hydrogens (tertiary/aromatic N) is 7. The van der Waals surface area contributed by atoms with Crippen LogP contribution in [0.5, 0.6) is 0 Å². The number of benzene rings is 1. The third-order valence-electron chi connectivity index (χ3n) is 5.20. The molecule has 150 valence electrons. The summed E-state index contributed by atoms with van der Waals surface area (Å²) in [6.07, 6.45) is 1.74. The lowest BCUT2D eigenvalue weighted by molar-refractivity contribution is 0.311. The lowest BCUT2D eigenvalue weighted by Crippen LogP contribution is -2.45. The number of aryl methyl sites for hydroxylation is 1. The Morgan fingerprint density at radius 1 is 1.14 bits per heavy atom. The molecule has 9 nitrogen and oxygen atoms in total. The fraction of sp³-hybridized carbons (Fsp3) is 0.368. The Hall–Kier alpha value is -2.72. The van der Waals surface area contributed by atoms with Crippen molar-refractivity contribution in [2.24, 2.45) is 0 Å². The van der Waals surface area contributed by atoms with Crippen LogP contribution in [0.3, 0.4) is 0 Å². The largest absolute Gasteiger partial charge is 0.347 e. The summed E-state index contributed by atoms with van der Waals surface area (Å²) in [7, 11) is 2.14. The molecule has 0 bridgehead atoms. The molecule has 2 N–H and O–H groups in total. The average molecular weight is 456 g/mol. The van der Waals surface area contributed by atoms with E-state index in [0.717, 1.165) is 59.1 Å². The van der Waals surface area contributed by atoms with Gasteiger partial charge in [-0.15, -0.1) is 0 Å². The van der Waals surface area contributed by atoms with Gasteiger partial charge in [0.05, 0.1) is 28.2 Å². The molecular formula is C19H22BrN9. The van der Waals surface area contributed by atoms with Crippen LogP contribution in [-0.2, 0) is 6.54 Å². The second kappa shape index (κ2) is 7.27. The minimum absolute atomic E-state index is 0.513. The average Bonchev–Trinajstić information content (AvgIpc) is 3.29. The van der Waals surface area contributed by atoms with Crippen molar-refractivity contribution in [2.45, 2.75) is 13.5 Å². The number of rotatable bonds is 4. The number of aromatic nitrogens is 6. The van der Waals surface area contributed by atoms with Gasteiger partial charge in [-0.25, -0.2) is 4.98 Å². The Labute approximate surface area is 176 Å². The van der Waals surface area contributed by atoms with Crippen molar-refractivity contribution >= 4 is 44.5 Å². The molecule has 1 saturated heterocycles. The number of aromatic amines is 1. The van der Waals surface area contributed by atoms with Gasteiger partial charge in [0, 0.05) is 26.2 Å². The van der Waals surface area contributed by atoms with E-state index in [-0.39, 0.29) is 0 Å². The van der Waals surface area contributed by atoms with E-state index in [1.54, 1.807) is 10.7 Å². The van der Waals surface area contributed by atoms with Gasteiger partial charge in [0.1, 0.15) is 5.82 Å². The van der Waals surface area contributed by atoms with Crippen molar-refractivity contribution in [3.05, 3.63) is 40.3 Å². The molecule has 0 amide bonds. The molecule has 10 heteroatoms. The molecule has 1 fully saturated rings. The second-order valence-electron chi connectivity index (χ2n) is 7.42. The smallest absolute Gasteiger partial charge is 0.230 e. The maximum absolute atomic E-state index is 4.77. The van der Waals surface area contributed by atoms with Gasteiger partial charge in [0.2, 0.25) is 11.9 Å². The zero-order valence-electron chi connectivity index (χ0n) is 16.4. The highest BCUT2D eigenvalue weighted by atomic mass is 79.9. The first kappa shape index (κ1) is 18.3. The summed E-state index contributed by atoms with van der Waals surface area (Å²) in [5.41, 5.74) is 3.94. The van der Waals surface area contributed by atoms with E-state index in [9.17, 15) is 0 Å². The number of hydrogen-bond donors (Lipinski definition) is 2. The van der Waals surface area contributed by atoms with Crippen molar-refractivity contribution in [3.63, 3.8) is 0 Å². The number of piperazine rings is 1. The molecular weight excluding hydrogens is 434 g/mol. The molecule has 0 aliphatic carbocycles. The van der Waals surface area contributed by atoms with Gasteiger partial charge >= 0.3 is 0 Å². The number of likely N-dealkylation sites (N-methyl/N-ethyl adjacent to an activating group) is 1. The number of fused-ring (bicyclic) bond motifs is 2. The molecule has 4 heterocycles. The number of H-pyrrole nitrogens is 1. The summed E-state index contributed by atoms with van der Waals surface area (Å²) in [6.45, 7) is 6.38. The van der Waals surface area contributed by atoms with Gasteiger partial charge in [-0.3, -0.25) is 0 Å². The van der Waals surface area contributed by atoms with Crippen LogP contribution in [0.1, 0.15) is 11.4 Å². The monoisotopic (exact) mass is 455 g/mol. The first-order valence-corrected chi connectivity index (χ1v) is 10.4. The standard InChI is InChI=1S/C19H22BrN9/c1-12-3-4-14-15(9-12)24-16(23-14)11-21-18-26-19(28-7-5-27(2)6-8-28)25-17-13(20)10-22-29(17)18/h3-4,9-10H,5-8,11H2,1-2H3,(H,23,24)(H,21,25,26). The highest BCUT2D eigenvalue weighted by Gasteiger charge is 2.20. The predicted molar refractivity (Wildman–Crippen MR) is 116 cm³/mol. The van der Waals surface area contributed by atoms with E-state index >= 15 is 0 Å². The van der Waals surface area contributed by atoms with E-state index in [1.807, 2.05) is 0 Å². The normalized spacial score (nSPS) is 15.5. The Bertz CT molecular complexity index is 1170.